The molecule has 0 saturated carbocycles. The fraction of sp³-hybridized carbons (Fsp3) is 0.304. The SMILES string of the molecule is COc1ccc(OCC(O)C[N+]2=C(Nc3ccccc3)N=C3C2C(=O)N(C)C(=O)N3C)cc1. The molecule has 0 aliphatic carbocycles. The summed E-state index contributed by atoms with van der Waals surface area (Å²) in [6, 6.07) is 15.1. The predicted molar refractivity (Wildman–Crippen MR) is 122 cm³/mol. The highest BCUT2D eigenvalue weighted by Crippen LogP contribution is 2.21. The number of likely N-dealkylation sites (N-methyl/N-ethyl adjacent to an activating group) is 2. The van der Waals surface area contributed by atoms with E-state index in [9.17, 15) is 14.7 Å². The normalized spacial score (nSPS) is 18.8. The van der Waals surface area contributed by atoms with Crippen LogP contribution in [0.25, 0.3) is 0 Å². The molecule has 2 aromatic rings. The highest BCUT2D eigenvalue weighted by molar-refractivity contribution is 6.23. The number of hydrogen-bond acceptors (Lipinski definition) is 7. The third-order valence-electron chi connectivity index (χ3n) is 5.47. The molecule has 1 saturated heterocycles. The summed E-state index contributed by atoms with van der Waals surface area (Å²) < 4.78 is 12.5. The first-order valence-corrected chi connectivity index (χ1v) is 10.4. The van der Waals surface area contributed by atoms with Crippen LogP contribution in [0.5, 0.6) is 11.5 Å². The summed E-state index contributed by atoms with van der Waals surface area (Å²) in [7, 11) is 4.59. The maximum Gasteiger partial charge on any atom is 0.395 e. The van der Waals surface area contributed by atoms with E-state index in [0.717, 1.165) is 10.6 Å². The molecule has 1 fully saturated rings. The van der Waals surface area contributed by atoms with E-state index in [0.29, 0.717) is 23.3 Å². The van der Waals surface area contributed by atoms with Gasteiger partial charge in [0.05, 0.1) is 19.3 Å². The van der Waals surface area contributed by atoms with Crippen molar-refractivity contribution in [2.45, 2.75) is 12.1 Å². The van der Waals surface area contributed by atoms with Gasteiger partial charge in [-0.25, -0.2) is 14.7 Å². The van der Waals surface area contributed by atoms with E-state index in [4.69, 9.17) is 9.47 Å². The lowest BCUT2D eigenvalue weighted by Gasteiger charge is -2.32. The Morgan fingerprint density at radius 1 is 1.06 bits per heavy atom. The van der Waals surface area contributed by atoms with Gasteiger partial charge in [-0.15, -0.1) is 0 Å². The van der Waals surface area contributed by atoms with Crippen molar-refractivity contribution in [3.8, 4) is 11.5 Å². The summed E-state index contributed by atoms with van der Waals surface area (Å²) in [5, 5.41) is 13.9. The number of anilines is 1. The van der Waals surface area contributed by atoms with Crippen LogP contribution < -0.4 is 14.8 Å². The molecular weight excluding hydrogens is 426 g/mol. The summed E-state index contributed by atoms with van der Waals surface area (Å²) >= 11 is 0. The van der Waals surface area contributed by atoms with Crippen LogP contribution in [0.15, 0.2) is 59.6 Å². The van der Waals surface area contributed by atoms with Crippen molar-refractivity contribution >= 4 is 29.4 Å². The van der Waals surface area contributed by atoms with Gasteiger partial charge in [-0.2, -0.15) is 0 Å². The highest BCUT2D eigenvalue weighted by atomic mass is 16.5. The quantitative estimate of drug-likeness (QED) is 0.612. The Bertz CT molecular complexity index is 1100. The third-order valence-corrected chi connectivity index (χ3v) is 5.47. The number of hydrogen-bond donors (Lipinski definition) is 2. The lowest BCUT2D eigenvalue weighted by molar-refractivity contribution is -0.544. The number of carbonyl (C=O) groups excluding carboxylic acids is 2. The number of para-hydroxylation sites is 1. The molecule has 3 amide bonds. The van der Waals surface area contributed by atoms with E-state index in [-0.39, 0.29) is 13.2 Å². The van der Waals surface area contributed by atoms with Gasteiger partial charge in [0.15, 0.2) is 0 Å². The van der Waals surface area contributed by atoms with Gasteiger partial charge < -0.3 is 14.6 Å². The minimum absolute atomic E-state index is 0.00228. The number of urea groups is 1. The molecule has 0 bridgehead atoms. The number of guanidine groups is 1. The van der Waals surface area contributed by atoms with Crippen LogP contribution in [-0.4, -0.2) is 89.7 Å². The minimum atomic E-state index is -0.935. The van der Waals surface area contributed by atoms with Crippen molar-refractivity contribution in [2.24, 2.45) is 4.99 Å². The van der Waals surface area contributed by atoms with Crippen LogP contribution in [0.2, 0.25) is 0 Å². The number of amides is 3. The number of aliphatic imine (C=N–C) groups is 1. The molecule has 2 aliphatic rings. The highest BCUT2D eigenvalue weighted by Gasteiger charge is 2.51. The fourth-order valence-electron chi connectivity index (χ4n) is 3.68. The summed E-state index contributed by atoms with van der Waals surface area (Å²) in [4.78, 5) is 32.3. The molecule has 172 valence electrons. The molecular formula is C23H26N5O5+. The minimum Gasteiger partial charge on any atom is -0.497 e. The molecule has 0 aromatic heterocycles. The number of ether oxygens (including phenoxy) is 2. The number of imide groups is 1. The molecule has 2 unspecified atom stereocenters. The van der Waals surface area contributed by atoms with Crippen molar-refractivity contribution in [3.63, 3.8) is 0 Å². The summed E-state index contributed by atoms with van der Waals surface area (Å²) in [5.74, 6) is 1.55. The number of aliphatic hydroxyl groups is 1. The van der Waals surface area contributed by atoms with Gasteiger partial charge in [-0.1, -0.05) is 23.2 Å². The van der Waals surface area contributed by atoms with E-state index in [2.05, 4.69) is 10.3 Å². The van der Waals surface area contributed by atoms with E-state index < -0.39 is 24.1 Å². The smallest absolute Gasteiger partial charge is 0.395 e. The van der Waals surface area contributed by atoms with Gasteiger partial charge >= 0.3 is 12.0 Å². The molecule has 0 radical (unpaired) electrons. The monoisotopic (exact) mass is 452 g/mol. The van der Waals surface area contributed by atoms with Gasteiger partial charge in [0.1, 0.15) is 24.2 Å². The zero-order chi connectivity index (χ0) is 23.5. The Hall–Kier alpha value is -3.92. The van der Waals surface area contributed by atoms with Crippen molar-refractivity contribution in [3.05, 3.63) is 54.6 Å². The lowest BCUT2D eigenvalue weighted by Crippen LogP contribution is -2.62. The number of methoxy groups -OCH3 is 1. The second-order valence-electron chi connectivity index (χ2n) is 7.72. The van der Waals surface area contributed by atoms with Crippen LogP contribution in [0.3, 0.4) is 0 Å². The molecule has 2 aliphatic heterocycles. The van der Waals surface area contributed by atoms with Crippen molar-refractivity contribution in [1.82, 2.24) is 9.80 Å². The average Bonchev–Trinajstić information content (AvgIpc) is 3.18. The van der Waals surface area contributed by atoms with E-state index in [1.54, 1.807) is 43.0 Å². The topological polar surface area (TPSA) is 107 Å². The number of fused-ring (bicyclic) bond motifs is 1. The molecule has 2 atom stereocenters. The summed E-state index contributed by atoms with van der Waals surface area (Å²) in [6.45, 7) is 0.0624. The van der Waals surface area contributed by atoms with E-state index in [1.807, 2.05) is 30.3 Å². The second-order valence-corrected chi connectivity index (χ2v) is 7.72. The molecule has 4 rings (SSSR count). The van der Waals surface area contributed by atoms with Gasteiger partial charge in [0.2, 0.25) is 11.9 Å². The molecule has 2 aromatic carbocycles. The van der Waals surface area contributed by atoms with Gasteiger partial charge in [0.25, 0.3) is 5.91 Å². The Balaban J connectivity index is 1.55. The van der Waals surface area contributed by atoms with Crippen molar-refractivity contribution in [1.29, 1.82) is 0 Å². The lowest BCUT2D eigenvalue weighted by atomic mass is 10.1. The number of nitrogens with zero attached hydrogens (tertiary/aromatic N) is 4. The van der Waals surface area contributed by atoms with E-state index >= 15 is 0 Å². The molecule has 2 heterocycles. The Morgan fingerprint density at radius 2 is 1.73 bits per heavy atom. The number of rotatable bonds is 7. The summed E-state index contributed by atoms with van der Waals surface area (Å²) in [6.07, 6.45) is -0.935. The van der Waals surface area contributed by atoms with Crippen LogP contribution in [0, 0.1) is 0 Å². The average molecular weight is 452 g/mol. The van der Waals surface area contributed by atoms with Gasteiger partial charge in [0, 0.05) is 14.1 Å². The van der Waals surface area contributed by atoms with E-state index in [1.165, 1.54) is 11.9 Å². The first-order valence-electron chi connectivity index (χ1n) is 10.4. The van der Waals surface area contributed by atoms with Crippen LogP contribution in [-0.2, 0) is 4.79 Å². The molecule has 0 spiro atoms. The fourth-order valence-corrected chi connectivity index (χ4v) is 3.68. The third kappa shape index (κ3) is 4.51. The first kappa shape index (κ1) is 22.3. The van der Waals surface area contributed by atoms with Gasteiger partial charge in [-0.05, 0) is 36.4 Å². The first-order chi connectivity index (χ1) is 15.9. The Labute approximate surface area is 191 Å². The van der Waals surface area contributed by atoms with Crippen molar-refractivity contribution in [2.75, 3.05) is 39.7 Å². The van der Waals surface area contributed by atoms with Crippen molar-refractivity contribution < 1.29 is 28.7 Å². The number of benzene rings is 2. The zero-order valence-corrected chi connectivity index (χ0v) is 18.6. The molecule has 10 heteroatoms. The number of β-amino-alcohol motifs (C(OH)–C–C–N with tert-alkyl or cyclic N) is 1. The number of aliphatic hydroxyl groups excluding tert-OH is 1. The van der Waals surface area contributed by atoms with Crippen LogP contribution in [0.1, 0.15) is 0 Å². The van der Waals surface area contributed by atoms with Crippen LogP contribution in [0.4, 0.5) is 10.5 Å². The Morgan fingerprint density at radius 3 is 2.39 bits per heavy atom. The molecule has 33 heavy (non-hydrogen) atoms. The molecule has 2 N–H and O–H groups in total. The van der Waals surface area contributed by atoms with Crippen LogP contribution >= 0.6 is 0 Å². The predicted octanol–water partition coefficient (Wildman–Crippen LogP) is 1.22. The van der Waals surface area contributed by atoms with Gasteiger partial charge in [-0.3, -0.25) is 14.6 Å². The number of amidine groups is 1. The maximum absolute atomic E-state index is 13.0. The summed E-state index contributed by atoms with van der Waals surface area (Å²) in [5.41, 5.74) is 0.763. The standard InChI is InChI=1S/C23H25N5O5/c1-26-20-19(21(30)27(2)23(26)31)28(22(25-20)24-15-7-5-4-6-8-15)13-16(29)14-33-18-11-9-17(32-3)10-12-18/h4-12,16,19,29H,13-14H2,1-3H3/p+1. The maximum atomic E-state index is 13.0. The number of nitrogens with one attached hydrogen (secondary N) is 1. The zero-order valence-electron chi connectivity index (χ0n) is 18.6. The second kappa shape index (κ2) is 9.29. The Kier molecular flexibility index (Phi) is 6.27. The largest absolute Gasteiger partial charge is 0.497 e. The number of carbonyl (C=O) groups is 2. The molecule has 10 nitrogen and oxygen atoms in total.